The highest BCUT2D eigenvalue weighted by molar-refractivity contribution is 5.68. The van der Waals surface area contributed by atoms with E-state index in [1.165, 1.54) is 5.56 Å². The van der Waals surface area contributed by atoms with Crippen LogP contribution < -0.4 is 5.32 Å². The number of piperidine rings is 1. The van der Waals surface area contributed by atoms with E-state index in [2.05, 4.69) is 34.3 Å². The number of likely N-dealkylation sites (tertiary alicyclic amines) is 1. The van der Waals surface area contributed by atoms with E-state index in [-0.39, 0.29) is 12.1 Å². The molecule has 0 spiro atoms. The number of hydrogen-bond acceptors (Lipinski definition) is 4. The third-order valence-electron chi connectivity index (χ3n) is 4.24. The van der Waals surface area contributed by atoms with Crippen LogP contribution in [0, 0.1) is 5.92 Å². The minimum Gasteiger partial charge on any atom is -0.444 e. The Hall–Kier alpha value is -1.62. The van der Waals surface area contributed by atoms with Crippen LogP contribution in [0.5, 0.6) is 0 Å². The van der Waals surface area contributed by atoms with Crippen molar-refractivity contribution in [2.24, 2.45) is 5.92 Å². The van der Waals surface area contributed by atoms with Gasteiger partial charge in [0.25, 0.3) is 0 Å². The number of rotatable bonds is 4. The van der Waals surface area contributed by atoms with Crippen molar-refractivity contribution >= 4 is 6.09 Å². The van der Waals surface area contributed by atoms with Crippen LogP contribution in [-0.4, -0.2) is 40.7 Å². The van der Waals surface area contributed by atoms with E-state index < -0.39 is 5.60 Å². The van der Waals surface area contributed by atoms with Gasteiger partial charge in [0.15, 0.2) is 0 Å². The van der Waals surface area contributed by atoms with Gasteiger partial charge >= 0.3 is 6.09 Å². The van der Waals surface area contributed by atoms with Crippen molar-refractivity contribution < 1.29 is 9.53 Å². The molecule has 1 aromatic heterocycles. The van der Waals surface area contributed by atoms with Gasteiger partial charge in [-0.25, -0.2) is 4.79 Å². The van der Waals surface area contributed by atoms with Gasteiger partial charge in [-0.1, -0.05) is 0 Å². The van der Waals surface area contributed by atoms with Crippen LogP contribution in [0.3, 0.4) is 0 Å². The summed E-state index contributed by atoms with van der Waals surface area (Å²) >= 11 is 0. The van der Waals surface area contributed by atoms with Gasteiger partial charge in [0.05, 0.1) is 0 Å². The molecule has 1 atom stereocenters. The van der Waals surface area contributed by atoms with Crippen molar-refractivity contribution in [1.29, 1.82) is 0 Å². The van der Waals surface area contributed by atoms with Gasteiger partial charge in [0.2, 0.25) is 0 Å². The standard InChI is InChI=1S/C18H29N3O2/c1-14(20-17(22)23-18(2,3)4)16-7-11-21(12-8-16)13-15-5-9-19-10-6-15/h5-6,9-10,14,16H,7-8,11-13H2,1-4H3,(H,20,22). The van der Waals surface area contributed by atoms with Gasteiger partial charge in [0, 0.05) is 25.0 Å². The molecule has 2 rings (SSSR count). The van der Waals surface area contributed by atoms with Crippen LogP contribution in [0.1, 0.15) is 46.1 Å². The number of aromatic nitrogens is 1. The SMILES string of the molecule is CC(NC(=O)OC(C)(C)C)C1CCN(Cc2ccncc2)CC1. The van der Waals surface area contributed by atoms with Gasteiger partial charge < -0.3 is 10.1 Å². The van der Waals surface area contributed by atoms with Gasteiger partial charge in [0.1, 0.15) is 5.60 Å². The lowest BCUT2D eigenvalue weighted by molar-refractivity contribution is 0.0472. The summed E-state index contributed by atoms with van der Waals surface area (Å²) in [5.74, 6) is 0.510. The predicted octanol–water partition coefficient (Wildman–Crippen LogP) is 3.21. The minimum atomic E-state index is -0.447. The zero-order valence-electron chi connectivity index (χ0n) is 14.7. The van der Waals surface area contributed by atoms with Crippen molar-refractivity contribution in [3.05, 3.63) is 30.1 Å². The number of pyridine rings is 1. The molecule has 5 nitrogen and oxygen atoms in total. The second-order valence-electron chi connectivity index (χ2n) is 7.40. The quantitative estimate of drug-likeness (QED) is 0.926. The summed E-state index contributed by atoms with van der Waals surface area (Å²) in [4.78, 5) is 18.4. The highest BCUT2D eigenvalue weighted by Gasteiger charge is 2.26. The van der Waals surface area contributed by atoms with E-state index in [0.717, 1.165) is 32.5 Å². The lowest BCUT2D eigenvalue weighted by atomic mass is 9.90. The van der Waals surface area contributed by atoms with Crippen molar-refractivity contribution in [2.75, 3.05) is 13.1 Å². The summed E-state index contributed by atoms with van der Waals surface area (Å²) in [5.41, 5.74) is 0.857. The van der Waals surface area contributed by atoms with Crippen molar-refractivity contribution in [2.45, 2.75) is 58.7 Å². The Morgan fingerprint density at radius 3 is 2.52 bits per heavy atom. The molecule has 1 fully saturated rings. The molecule has 0 aromatic carbocycles. The summed E-state index contributed by atoms with van der Waals surface area (Å²) in [5, 5.41) is 2.98. The van der Waals surface area contributed by atoms with Crippen LogP contribution in [0.25, 0.3) is 0 Å². The lowest BCUT2D eigenvalue weighted by Crippen LogP contribution is -2.45. The Labute approximate surface area is 139 Å². The molecule has 1 aliphatic heterocycles. The molecule has 0 saturated carbocycles. The molecule has 1 saturated heterocycles. The average Bonchev–Trinajstić information content (AvgIpc) is 2.47. The number of amides is 1. The molecule has 0 radical (unpaired) electrons. The Morgan fingerprint density at radius 1 is 1.35 bits per heavy atom. The first-order valence-corrected chi connectivity index (χ1v) is 8.44. The maximum absolute atomic E-state index is 11.9. The molecule has 128 valence electrons. The molecule has 1 N–H and O–H groups in total. The topological polar surface area (TPSA) is 54.5 Å². The average molecular weight is 319 g/mol. The summed E-state index contributed by atoms with van der Waals surface area (Å²) in [6, 6.07) is 4.28. The van der Waals surface area contributed by atoms with E-state index in [4.69, 9.17) is 4.74 Å². The van der Waals surface area contributed by atoms with Crippen LogP contribution in [0.4, 0.5) is 4.79 Å². The Balaban J connectivity index is 1.74. The number of alkyl carbamates (subject to hydrolysis) is 1. The second-order valence-corrected chi connectivity index (χ2v) is 7.40. The lowest BCUT2D eigenvalue weighted by Gasteiger charge is -2.35. The molecule has 5 heteroatoms. The van der Waals surface area contributed by atoms with Crippen LogP contribution in [0.2, 0.25) is 0 Å². The third-order valence-corrected chi connectivity index (χ3v) is 4.24. The molecule has 1 unspecified atom stereocenters. The van der Waals surface area contributed by atoms with E-state index in [9.17, 15) is 4.79 Å². The van der Waals surface area contributed by atoms with E-state index in [1.807, 2.05) is 33.2 Å². The highest BCUT2D eigenvalue weighted by atomic mass is 16.6. The predicted molar refractivity (Wildman–Crippen MR) is 91.1 cm³/mol. The number of nitrogens with zero attached hydrogens (tertiary/aromatic N) is 2. The number of ether oxygens (including phenoxy) is 1. The first-order valence-electron chi connectivity index (χ1n) is 8.44. The third kappa shape index (κ3) is 6.18. The molecule has 1 aliphatic rings. The van der Waals surface area contributed by atoms with Crippen molar-refractivity contribution in [3.8, 4) is 0 Å². The fourth-order valence-electron chi connectivity index (χ4n) is 2.97. The smallest absolute Gasteiger partial charge is 0.407 e. The number of carbonyl (C=O) groups excluding carboxylic acids is 1. The molecule has 23 heavy (non-hydrogen) atoms. The van der Waals surface area contributed by atoms with Gasteiger partial charge in [-0.05, 0) is 77.2 Å². The van der Waals surface area contributed by atoms with Gasteiger partial charge in [-0.3, -0.25) is 9.88 Å². The molecule has 2 heterocycles. The van der Waals surface area contributed by atoms with Crippen molar-refractivity contribution in [1.82, 2.24) is 15.2 Å². The van der Waals surface area contributed by atoms with Gasteiger partial charge in [-0.2, -0.15) is 0 Å². The second kappa shape index (κ2) is 7.77. The fraction of sp³-hybridized carbons (Fsp3) is 0.667. The molecule has 1 amide bonds. The van der Waals surface area contributed by atoms with Crippen LogP contribution in [0.15, 0.2) is 24.5 Å². The molecular formula is C18H29N3O2. The van der Waals surface area contributed by atoms with Crippen molar-refractivity contribution in [3.63, 3.8) is 0 Å². The van der Waals surface area contributed by atoms with E-state index >= 15 is 0 Å². The maximum atomic E-state index is 11.9. The van der Waals surface area contributed by atoms with Gasteiger partial charge in [-0.15, -0.1) is 0 Å². The fourth-order valence-corrected chi connectivity index (χ4v) is 2.97. The molecule has 1 aromatic rings. The molecular weight excluding hydrogens is 290 g/mol. The Kier molecular flexibility index (Phi) is 5.99. The summed E-state index contributed by atoms with van der Waals surface area (Å²) in [7, 11) is 0. The van der Waals surface area contributed by atoms with E-state index in [1.54, 1.807) is 0 Å². The Morgan fingerprint density at radius 2 is 1.96 bits per heavy atom. The maximum Gasteiger partial charge on any atom is 0.407 e. The molecule has 0 bridgehead atoms. The minimum absolute atomic E-state index is 0.146. The number of hydrogen-bond donors (Lipinski definition) is 1. The summed E-state index contributed by atoms with van der Waals surface area (Å²) < 4.78 is 5.33. The monoisotopic (exact) mass is 319 g/mol. The van der Waals surface area contributed by atoms with Crippen LogP contribution >= 0.6 is 0 Å². The normalized spacial score (nSPS) is 18.4. The zero-order chi connectivity index (χ0) is 16.9. The largest absolute Gasteiger partial charge is 0.444 e. The van der Waals surface area contributed by atoms with Crippen LogP contribution in [-0.2, 0) is 11.3 Å². The zero-order valence-corrected chi connectivity index (χ0v) is 14.7. The van der Waals surface area contributed by atoms with E-state index in [0.29, 0.717) is 5.92 Å². The number of nitrogens with one attached hydrogen (secondary N) is 1. The first kappa shape index (κ1) is 17.7. The molecule has 0 aliphatic carbocycles. The first-order chi connectivity index (χ1) is 10.8. The Bertz CT molecular complexity index is 491. The summed E-state index contributed by atoms with van der Waals surface area (Å²) in [6.45, 7) is 10.8. The highest BCUT2D eigenvalue weighted by Crippen LogP contribution is 2.22. The summed E-state index contributed by atoms with van der Waals surface area (Å²) in [6.07, 6.45) is 5.57. The number of carbonyl (C=O) groups is 1.